The maximum Gasteiger partial charge on any atom is 0.193 e. The molecule has 7 nitrogen and oxygen atoms in total. The Kier molecular flexibility index (Phi) is 7.61. The van der Waals surface area contributed by atoms with Gasteiger partial charge < -0.3 is 24.4 Å². The quantitative estimate of drug-likeness (QED) is 0.579. The van der Waals surface area contributed by atoms with Crippen LogP contribution in [0.5, 0.6) is 11.5 Å². The van der Waals surface area contributed by atoms with Crippen LogP contribution in [-0.4, -0.2) is 88.5 Å². The maximum absolute atomic E-state index is 5.57. The Labute approximate surface area is 175 Å². The lowest BCUT2D eigenvalue weighted by atomic mass is 9.98. The SMILES string of the molecule is CN=C(NCC(C)N1CCOCC1C)N1CCC(c2cc(OC)cc(OC)c2)C1. The van der Waals surface area contributed by atoms with Gasteiger partial charge in [-0.1, -0.05) is 0 Å². The van der Waals surface area contributed by atoms with Gasteiger partial charge in [-0.15, -0.1) is 0 Å². The fraction of sp³-hybridized carbons (Fsp3) is 0.682. The van der Waals surface area contributed by atoms with Crippen molar-refractivity contribution < 1.29 is 14.2 Å². The molecule has 2 fully saturated rings. The largest absolute Gasteiger partial charge is 0.497 e. The van der Waals surface area contributed by atoms with Crippen LogP contribution in [0, 0.1) is 0 Å². The summed E-state index contributed by atoms with van der Waals surface area (Å²) in [5.74, 6) is 3.10. The number of guanidine groups is 1. The van der Waals surface area contributed by atoms with Crippen molar-refractivity contribution in [2.24, 2.45) is 4.99 Å². The minimum atomic E-state index is 0.437. The highest BCUT2D eigenvalue weighted by Gasteiger charge is 2.28. The van der Waals surface area contributed by atoms with Crippen LogP contribution in [0.2, 0.25) is 0 Å². The third kappa shape index (κ3) is 5.34. The van der Waals surface area contributed by atoms with Gasteiger partial charge in [0, 0.05) is 57.3 Å². The fourth-order valence-corrected chi connectivity index (χ4v) is 4.37. The highest BCUT2D eigenvalue weighted by Crippen LogP contribution is 2.32. The standard InChI is InChI=1S/C22H36N4O3/c1-16(26-8-9-29-15-17(26)2)13-24-22(23-3)25-7-6-18(14-25)19-10-20(27-4)12-21(11-19)28-5/h10-12,16-18H,6-9,13-15H2,1-5H3,(H,23,24). The zero-order valence-corrected chi connectivity index (χ0v) is 18.5. The monoisotopic (exact) mass is 404 g/mol. The predicted octanol–water partition coefficient (Wildman–Crippen LogP) is 2.18. The Morgan fingerprint density at radius 1 is 1.24 bits per heavy atom. The van der Waals surface area contributed by atoms with Gasteiger partial charge in [-0.3, -0.25) is 9.89 Å². The summed E-state index contributed by atoms with van der Waals surface area (Å²) in [6.45, 7) is 9.95. The summed E-state index contributed by atoms with van der Waals surface area (Å²) in [6, 6.07) is 7.06. The van der Waals surface area contributed by atoms with E-state index < -0.39 is 0 Å². The number of methoxy groups -OCH3 is 2. The van der Waals surface area contributed by atoms with Crippen LogP contribution in [0.4, 0.5) is 0 Å². The van der Waals surface area contributed by atoms with Gasteiger partial charge in [-0.05, 0) is 38.0 Å². The number of likely N-dealkylation sites (tertiary alicyclic amines) is 1. The van der Waals surface area contributed by atoms with Crippen molar-refractivity contribution >= 4 is 5.96 Å². The van der Waals surface area contributed by atoms with E-state index in [1.165, 1.54) is 5.56 Å². The first-order valence-electron chi connectivity index (χ1n) is 10.6. The summed E-state index contributed by atoms with van der Waals surface area (Å²) in [5, 5.41) is 3.59. The lowest BCUT2D eigenvalue weighted by Crippen LogP contribution is -2.53. The van der Waals surface area contributed by atoms with Crippen molar-refractivity contribution in [3.63, 3.8) is 0 Å². The number of aliphatic imine (C=N–C) groups is 1. The number of benzene rings is 1. The average molecular weight is 405 g/mol. The van der Waals surface area contributed by atoms with E-state index in [2.05, 4.69) is 46.1 Å². The first-order chi connectivity index (χ1) is 14.0. The Bertz CT molecular complexity index is 674. The summed E-state index contributed by atoms with van der Waals surface area (Å²) in [5.41, 5.74) is 1.26. The molecule has 2 saturated heterocycles. The molecule has 0 bridgehead atoms. The van der Waals surface area contributed by atoms with Gasteiger partial charge in [0.2, 0.25) is 0 Å². The predicted molar refractivity (Wildman–Crippen MR) is 116 cm³/mol. The summed E-state index contributed by atoms with van der Waals surface area (Å²) in [6.07, 6.45) is 1.09. The van der Waals surface area contributed by atoms with Gasteiger partial charge >= 0.3 is 0 Å². The molecule has 0 aromatic heterocycles. The number of morpholine rings is 1. The van der Waals surface area contributed by atoms with Gasteiger partial charge in [0.1, 0.15) is 11.5 Å². The lowest BCUT2D eigenvalue weighted by Gasteiger charge is -2.38. The molecule has 3 rings (SSSR count). The molecule has 162 valence electrons. The molecule has 3 unspecified atom stereocenters. The second-order valence-electron chi connectivity index (χ2n) is 8.02. The van der Waals surface area contributed by atoms with Crippen molar-refractivity contribution in [2.45, 2.75) is 38.3 Å². The molecule has 2 aliphatic heterocycles. The first kappa shape index (κ1) is 21.7. The second kappa shape index (κ2) is 10.2. The molecule has 0 aliphatic carbocycles. The molecule has 3 atom stereocenters. The highest BCUT2D eigenvalue weighted by atomic mass is 16.5. The average Bonchev–Trinajstić information content (AvgIpc) is 3.24. The van der Waals surface area contributed by atoms with Gasteiger partial charge in [-0.25, -0.2) is 0 Å². The molecular weight excluding hydrogens is 368 g/mol. The van der Waals surface area contributed by atoms with Crippen LogP contribution in [0.1, 0.15) is 31.7 Å². The summed E-state index contributed by atoms with van der Waals surface area (Å²) in [7, 11) is 5.26. The van der Waals surface area contributed by atoms with Crippen LogP contribution < -0.4 is 14.8 Å². The minimum Gasteiger partial charge on any atom is -0.497 e. The van der Waals surface area contributed by atoms with Crippen molar-refractivity contribution in [1.29, 1.82) is 0 Å². The molecule has 0 amide bonds. The first-order valence-corrected chi connectivity index (χ1v) is 10.6. The highest BCUT2D eigenvalue weighted by molar-refractivity contribution is 5.80. The van der Waals surface area contributed by atoms with Crippen molar-refractivity contribution in [1.82, 2.24) is 15.1 Å². The van der Waals surface area contributed by atoms with Gasteiger partial charge in [0.25, 0.3) is 0 Å². The molecule has 2 aliphatic rings. The van der Waals surface area contributed by atoms with E-state index in [9.17, 15) is 0 Å². The van der Waals surface area contributed by atoms with E-state index >= 15 is 0 Å². The van der Waals surface area contributed by atoms with E-state index in [1.54, 1.807) is 14.2 Å². The zero-order chi connectivity index (χ0) is 20.8. The summed E-state index contributed by atoms with van der Waals surface area (Å²) in [4.78, 5) is 9.41. The Hall–Kier alpha value is -1.99. The van der Waals surface area contributed by atoms with E-state index in [4.69, 9.17) is 14.2 Å². The second-order valence-corrected chi connectivity index (χ2v) is 8.02. The van der Waals surface area contributed by atoms with Gasteiger partial charge in [0.15, 0.2) is 5.96 Å². The molecule has 0 radical (unpaired) electrons. The van der Waals surface area contributed by atoms with E-state index in [0.717, 1.165) is 63.3 Å². The Balaban J connectivity index is 1.58. The number of nitrogens with one attached hydrogen (secondary N) is 1. The van der Waals surface area contributed by atoms with Crippen molar-refractivity contribution in [3.05, 3.63) is 23.8 Å². The van der Waals surface area contributed by atoms with Crippen LogP contribution in [-0.2, 0) is 4.74 Å². The Morgan fingerprint density at radius 3 is 2.59 bits per heavy atom. The topological polar surface area (TPSA) is 58.6 Å². The minimum absolute atomic E-state index is 0.437. The molecule has 1 aromatic rings. The van der Waals surface area contributed by atoms with Crippen molar-refractivity contribution in [2.75, 3.05) is 60.7 Å². The molecule has 1 aromatic carbocycles. The van der Waals surface area contributed by atoms with Crippen LogP contribution in [0.25, 0.3) is 0 Å². The molecule has 1 N–H and O–H groups in total. The third-order valence-corrected chi connectivity index (χ3v) is 6.09. The number of nitrogens with zero attached hydrogens (tertiary/aromatic N) is 3. The smallest absolute Gasteiger partial charge is 0.193 e. The summed E-state index contributed by atoms with van der Waals surface area (Å²) < 4.78 is 16.4. The van der Waals surface area contributed by atoms with Crippen LogP contribution >= 0.6 is 0 Å². The van der Waals surface area contributed by atoms with E-state index in [-0.39, 0.29) is 0 Å². The van der Waals surface area contributed by atoms with Gasteiger partial charge in [0.05, 0.1) is 27.4 Å². The van der Waals surface area contributed by atoms with Crippen LogP contribution in [0.15, 0.2) is 23.2 Å². The summed E-state index contributed by atoms with van der Waals surface area (Å²) >= 11 is 0. The Morgan fingerprint density at radius 2 is 1.97 bits per heavy atom. The normalized spacial score (nSPS) is 24.4. The number of rotatable bonds is 6. The third-order valence-electron chi connectivity index (χ3n) is 6.09. The number of hydrogen-bond donors (Lipinski definition) is 1. The van der Waals surface area contributed by atoms with E-state index in [0.29, 0.717) is 18.0 Å². The number of hydrogen-bond acceptors (Lipinski definition) is 5. The molecule has 2 heterocycles. The van der Waals surface area contributed by atoms with E-state index in [1.807, 2.05) is 13.1 Å². The molecule has 29 heavy (non-hydrogen) atoms. The zero-order valence-electron chi connectivity index (χ0n) is 18.5. The molecule has 7 heteroatoms. The molecule has 0 spiro atoms. The van der Waals surface area contributed by atoms with Crippen molar-refractivity contribution in [3.8, 4) is 11.5 Å². The molecular formula is C22H36N4O3. The maximum atomic E-state index is 5.57. The number of ether oxygens (including phenoxy) is 3. The molecule has 0 saturated carbocycles. The fourth-order valence-electron chi connectivity index (χ4n) is 4.37. The van der Waals surface area contributed by atoms with Gasteiger partial charge in [-0.2, -0.15) is 0 Å². The lowest BCUT2D eigenvalue weighted by molar-refractivity contribution is -0.0174. The van der Waals surface area contributed by atoms with Crippen LogP contribution in [0.3, 0.4) is 0 Å².